The monoisotopic (exact) mass is 190 g/mol. The standard InChI is InChI=1S/C4H5Cl2FO3/c5-1-3-8-4(7,2-6)10-9-3/h3H,1-2H2/t3-,4-/m1/s1. The van der Waals surface area contributed by atoms with Gasteiger partial charge in [-0.1, -0.05) is 0 Å². The quantitative estimate of drug-likeness (QED) is 0.487. The largest absolute Gasteiger partial charge is 0.363 e. The molecule has 10 heavy (non-hydrogen) atoms. The van der Waals surface area contributed by atoms with Gasteiger partial charge in [0.1, 0.15) is 5.88 Å². The van der Waals surface area contributed by atoms with Crippen molar-refractivity contribution in [2.75, 3.05) is 11.8 Å². The van der Waals surface area contributed by atoms with Gasteiger partial charge in [0, 0.05) is 0 Å². The molecule has 0 aliphatic carbocycles. The summed E-state index contributed by atoms with van der Waals surface area (Å²) in [5.74, 6) is -0.442. The van der Waals surface area contributed by atoms with E-state index in [9.17, 15) is 4.39 Å². The Labute approximate surface area is 66.9 Å². The molecule has 0 radical (unpaired) electrons. The molecule has 0 spiro atoms. The molecule has 0 unspecified atom stereocenters. The predicted molar refractivity (Wildman–Crippen MR) is 32.3 cm³/mol. The number of ether oxygens (including phenoxy) is 1. The van der Waals surface area contributed by atoms with Gasteiger partial charge in [-0.15, -0.1) is 23.2 Å². The molecule has 0 saturated carbocycles. The minimum Gasteiger partial charge on any atom is -0.287 e. The van der Waals surface area contributed by atoms with Crippen LogP contribution in [-0.4, -0.2) is 24.1 Å². The van der Waals surface area contributed by atoms with Gasteiger partial charge in [0.05, 0.1) is 5.88 Å². The molecule has 0 aromatic heterocycles. The highest BCUT2D eigenvalue weighted by Crippen LogP contribution is 2.27. The lowest BCUT2D eigenvalue weighted by Gasteiger charge is -2.09. The fourth-order valence-corrected chi connectivity index (χ4v) is 0.694. The molecule has 1 heterocycles. The van der Waals surface area contributed by atoms with Crippen LogP contribution in [0, 0.1) is 0 Å². The Morgan fingerprint density at radius 2 is 2.20 bits per heavy atom. The molecule has 1 rings (SSSR count). The molecule has 0 amide bonds. The fraction of sp³-hybridized carbons (Fsp3) is 1.00. The Kier molecular flexibility index (Phi) is 2.71. The van der Waals surface area contributed by atoms with Gasteiger partial charge in [0.25, 0.3) is 0 Å². The highest BCUT2D eigenvalue weighted by Gasteiger charge is 2.43. The average molecular weight is 191 g/mol. The van der Waals surface area contributed by atoms with Crippen molar-refractivity contribution in [1.29, 1.82) is 0 Å². The topological polar surface area (TPSA) is 27.7 Å². The summed E-state index contributed by atoms with van der Waals surface area (Å²) in [4.78, 5) is 8.38. The third-order valence-corrected chi connectivity index (χ3v) is 1.44. The molecular weight excluding hydrogens is 186 g/mol. The molecule has 1 aliphatic heterocycles. The van der Waals surface area contributed by atoms with E-state index in [4.69, 9.17) is 23.2 Å². The van der Waals surface area contributed by atoms with Gasteiger partial charge in [-0.2, -0.15) is 14.2 Å². The summed E-state index contributed by atoms with van der Waals surface area (Å²) in [7, 11) is 0. The highest BCUT2D eigenvalue weighted by atomic mass is 35.5. The summed E-state index contributed by atoms with van der Waals surface area (Å²) >= 11 is 10.4. The van der Waals surface area contributed by atoms with E-state index in [-0.39, 0.29) is 5.88 Å². The van der Waals surface area contributed by atoms with Crippen molar-refractivity contribution in [1.82, 2.24) is 0 Å². The summed E-state index contributed by atoms with van der Waals surface area (Å²) in [5.41, 5.74) is 0. The molecule has 0 bridgehead atoms. The van der Waals surface area contributed by atoms with E-state index in [1.165, 1.54) is 0 Å². The molecule has 1 saturated heterocycles. The van der Waals surface area contributed by atoms with Crippen LogP contribution in [0.25, 0.3) is 0 Å². The summed E-state index contributed by atoms with van der Waals surface area (Å²) in [5, 5.41) is 0. The van der Waals surface area contributed by atoms with Crippen LogP contribution < -0.4 is 0 Å². The maximum absolute atomic E-state index is 12.7. The SMILES string of the molecule is F[C@@]1(CCl)OO[C@H](CCl)O1. The Bertz CT molecular complexity index is 125. The zero-order chi connectivity index (χ0) is 7.61. The third-order valence-electron chi connectivity index (χ3n) is 0.873. The molecule has 0 N–H and O–H groups in total. The van der Waals surface area contributed by atoms with Crippen LogP contribution in [-0.2, 0) is 14.5 Å². The normalized spacial score (nSPS) is 40.5. The Morgan fingerprint density at radius 1 is 1.50 bits per heavy atom. The summed E-state index contributed by atoms with van der Waals surface area (Å²) < 4.78 is 17.2. The lowest BCUT2D eigenvalue weighted by molar-refractivity contribution is -0.362. The van der Waals surface area contributed by atoms with E-state index >= 15 is 0 Å². The predicted octanol–water partition coefficient (Wildman–Crippen LogP) is 1.39. The maximum Gasteiger partial charge on any atom is 0.363 e. The van der Waals surface area contributed by atoms with Crippen LogP contribution in [0.4, 0.5) is 4.39 Å². The van der Waals surface area contributed by atoms with E-state index in [0.29, 0.717) is 0 Å². The van der Waals surface area contributed by atoms with Crippen molar-refractivity contribution in [3.8, 4) is 0 Å². The van der Waals surface area contributed by atoms with Crippen LogP contribution in [0.15, 0.2) is 0 Å². The highest BCUT2D eigenvalue weighted by molar-refractivity contribution is 6.18. The zero-order valence-electron chi connectivity index (χ0n) is 4.85. The number of hydrogen-bond acceptors (Lipinski definition) is 3. The maximum atomic E-state index is 12.7. The first kappa shape index (κ1) is 8.49. The second-order valence-electron chi connectivity index (χ2n) is 1.67. The molecule has 1 fully saturated rings. The van der Waals surface area contributed by atoms with Crippen LogP contribution in [0.5, 0.6) is 0 Å². The van der Waals surface area contributed by atoms with Gasteiger partial charge in [-0.05, 0) is 0 Å². The second-order valence-corrected chi connectivity index (χ2v) is 2.25. The molecule has 1 aliphatic rings. The van der Waals surface area contributed by atoms with Crippen molar-refractivity contribution in [2.45, 2.75) is 12.3 Å². The number of hydrogen-bond donors (Lipinski definition) is 0. The summed E-state index contributed by atoms with van der Waals surface area (Å²) in [6.07, 6.45) is -0.870. The third kappa shape index (κ3) is 1.71. The minimum absolute atomic E-state index is 0.00254. The first-order chi connectivity index (χ1) is 4.70. The van der Waals surface area contributed by atoms with Gasteiger partial charge >= 0.3 is 6.04 Å². The van der Waals surface area contributed by atoms with Crippen LogP contribution >= 0.6 is 23.2 Å². The van der Waals surface area contributed by atoms with E-state index in [0.717, 1.165) is 0 Å². The smallest absolute Gasteiger partial charge is 0.287 e. The van der Waals surface area contributed by atoms with Crippen molar-refractivity contribution in [3.63, 3.8) is 0 Å². The molecule has 2 atom stereocenters. The summed E-state index contributed by atoms with van der Waals surface area (Å²) in [6.45, 7) is 0. The van der Waals surface area contributed by atoms with Crippen LogP contribution in [0.1, 0.15) is 0 Å². The first-order valence-electron chi connectivity index (χ1n) is 2.53. The zero-order valence-corrected chi connectivity index (χ0v) is 6.36. The lowest BCUT2D eigenvalue weighted by Crippen LogP contribution is -2.27. The Balaban J connectivity index is 2.41. The Morgan fingerprint density at radius 3 is 2.50 bits per heavy atom. The van der Waals surface area contributed by atoms with Crippen molar-refractivity contribution < 1.29 is 18.9 Å². The molecule has 3 nitrogen and oxygen atoms in total. The van der Waals surface area contributed by atoms with E-state index in [2.05, 4.69) is 14.5 Å². The molecule has 0 aromatic rings. The van der Waals surface area contributed by atoms with E-state index in [1.54, 1.807) is 0 Å². The van der Waals surface area contributed by atoms with Gasteiger partial charge < -0.3 is 0 Å². The van der Waals surface area contributed by atoms with Gasteiger partial charge in [-0.25, -0.2) is 0 Å². The molecule has 60 valence electrons. The van der Waals surface area contributed by atoms with Crippen molar-refractivity contribution in [2.24, 2.45) is 0 Å². The number of rotatable bonds is 2. The lowest BCUT2D eigenvalue weighted by atomic mass is 10.7. The van der Waals surface area contributed by atoms with Gasteiger partial charge in [-0.3, -0.25) is 4.74 Å². The fourth-order valence-electron chi connectivity index (χ4n) is 0.472. The minimum atomic E-state index is -2.33. The second kappa shape index (κ2) is 3.19. The first-order valence-corrected chi connectivity index (χ1v) is 3.60. The summed E-state index contributed by atoms with van der Waals surface area (Å²) in [6, 6.07) is -2.33. The number of alkyl halides is 3. The average Bonchev–Trinajstić information content (AvgIpc) is 2.33. The molecule has 0 aromatic carbocycles. The van der Waals surface area contributed by atoms with E-state index < -0.39 is 18.2 Å². The Hall–Kier alpha value is 0.390. The van der Waals surface area contributed by atoms with Gasteiger partial charge in [0.2, 0.25) is 6.29 Å². The number of halogens is 3. The van der Waals surface area contributed by atoms with Crippen molar-refractivity contribution in [3.05, 3.63) is 0 Å². The van der Waals surface area contributed by atoms with E-state index in [1.807, 2.05) is 0 Å². The van der Waals surface area contributed by atoms with Crippen molar-refractivity contribution >= 4 is 23.2 Å². The molecule has 6 heteroatoms. The van der Waals surface area contributed by atoms with Crippen LogP contribution in [0.2, 0.25) is 0 Å². The van der Waals surface area contributed by atoms with Gasteiger partial charge in [0.15, 0.2) is 0 Å². The van der Waals surface area contributed by atoms with Crippen LogP contribution in [0.3, 0.4) is 0 Å². The molecular formula is C4H5Cl2FO3.